The van der Waals surface area contributed by atoms with Gasteiger partial charge in [-0.05, 0) is 61.7 Å². The second-order valence-electron chi connectivity index (χ2n) is 10.5. The highest BCUT2D eigenvalue weighted by molar-refractivity contribution is 14.1. The summed E-state index contributed by atoms with van der Waals surface area (Å²) in [6, 6.07) is 11.2. The molecule has 2 heterocycles. The van der Waals surface area contributed by atoms with Gasteiger partial charge in [-0.2, -0.15) is 10.1 Å². The number of nitrogens with two attached hydrogens (primary N) is 1. The van der Waals surface area contributed by atoms with E-state index in [-0.39, 0.29) is 11.6 Å². The van der Waals surface area contributed by atoms with Crippen molar-refractivity contribution in [3.05, 3.63) is 62.7 Å². The minimum Gasteiger partial charge on any atom is -0.462 e. The third-order valence-electron chi connectivity index (χ3n) is 7.06. The van der Waals surface area contributed by atoms with E-state index in [2.05, 4.69) is 10.1 Å². The molecule has 2 unspecified atom stereocenters. The molecule has 0 amide bonds. The number of esters is 1. The Bertz CT molecular complexity index is 1610. The highest BCUT2D eigenvalue weighted by Gasteiger charge is 2.84. The zero-order valence-electron chi connectivity index (χ0n) is 22.6. The number of anilines is 1. The van der Waals surface area contributed by atoms with E-state index >= 15 is 0 Å². The van der Waals surface area contributed by atoms with Gasteiger partial charge in [-0.3, -0.25) is 13.9 Å². The van der Waals surface area contributed by atoms with Crippen molar-refractivity contribution in [2.45, 2.75) is 69.5 Å². The van der Waals surface area contributed by atoms with Crippen molar-refractivity contribution in [3.63, 3.8) is 0 Å². The van der Waals surface area contributed by atoms with E-state index in [9.17, 15) is 24.4 Å². The van der Waals surface area contributed by atoms with Crippen LogP contribution in [0.4, 0.5) is 5.82 Å². The molecular formula is C26H30IN4O9P. The summed E-state index contributed by atoms with van der Waals surface area (Å²) in [4.78, 5) is 28.8. The molecule has 41 heavy (non-hydrogen) atoms. The normalized spacial score (nSPS) is 29.1. The molecule has 5 N–H and O–H groups in total. The number of halogens is 1. The Kier molecular flexibility index (Phi) is 7.72. The highest BCUT2D eigenvalue weighted by Crippen LogP contribution is 2.64. The van der Waals surface area contributed by atoms with Crippen molar-refractivity contribution in [2.75, 3.05) is 5.73 Å². The van der Waals surface area contributed by atoms with E-state index in [0.29, 0.717) is 8.96 Å². The average molecular weight is 700 g/mol. The standard InChI is InChI=1S/C26H30IN4O9P/c1-13(2)37-22(32)14(3)30-41(36,39-18-11-7-9-15-8-5-6-10-16(15)18)40-20-19-26(20,35)25(4,34)23(38-19)31-12-17(27)21(28)29-24(31)33/h5-14,19-20,23,34-35H,1-4H3,(H,30,36)(H2,28,29,33)/t14-,19-,20?,23-,25+,26+,41?/m1/s1. The average Bonchev–Trinajstić information content (AvgIpc) is 3.38. The Labute approximate surface area is 248 Å². The topological polar surface area (TPSA) is 184 Å². The maximum absolute atomic E-state index is 14.3. The molecule has 15 heteroatoms. The first-order chi connectivity index (χ1) is 19.2. The number of nitrogens with one attached hydrogen (secondary N) is 1. The summed E-state index contributed by atoms with van der Waals surface area (Å²) >= 11 is 1.88. The van der Waals surface area contributed by atoms with Gasteiger partial charge in [0.15, 0.2) is 11.8 Å². The van der Waals surface area contributed by atoms with Crippen LogP contribution in [0.25, 0.3) is 10.8 Å². The van der Waals surface area contributed by atoms with Crippen LogP contribution in [0.2, 0.25) is 0 Å². The second-order valence-corrected chi connectivity index (χ2v) is 13.3. The third-order valence-corrected chi connectivity index (χ3v) is 9.54. The summed E-state index contributed by atoms with van der Waals surface area (Å²) in [5.74, 6) is -0.494. The number of benzene rings is 2. The molecule has 2 aromatic carbocycles. The van der Waals surface area contributed by atoms with Crippen LogP contribution in [0.1, 0.15) is 33.9 Å². The number of nitrogen functional groups attached to an aromatic ring is 1. The van der Waals surface area contributed by atoms with Gasteiger partial charge < -0.3 is 29.9 Å². The van der Waals surface area contributed by atoms with Gasteiger partial charge in [0.1, 0.15) is 35.4 Å². The number of hydrogen-bond acceptors (Lipinski definition) is 11. The van der Waals surface area contributed by atoms with E-state index in [4.69, 9.17) is 24.3 Å². The third kappa shape index (κ3) is 5.26. The SMILES string of the molecule is CC(C)OC(=O)[C@@H](C)NP(=O)(Oc1cccc2ccccc12)OC1[C@H]2O[C@@H](n3cc(I)c(N)nc3=O)[C@](C)(O)[C@@]12O. The van der Waals surface area contributed by atoms with Crippen molar-refractivity contribution >= 4 is 52.9 Å². The van der Waals surface area contributed by atoms with E-state index in [1.165, 1.54) is 20.0 Å². The summed E-state index contributed by atoms with van der Waals surface area (Å²) in [7, 11) is -4.46. The van der Waals surface area contributed by atoms with E-state index in [1.54, 1.807) is 38.1 Å². The lowest BCUT2D eigenvalue weighted by Gasteiger charge is -2.34. The number of fused-ring (bicyclic) bond motifs is 2. The van der Waals surface area contributed by atoms with Crippen molar-refractivity contribution in [2.24, 2.45) is 0 Å². The molecule has 3 aromatic rings. The number of aromatic nitrogens is 2. The molecule has 5 rings (SSSR count). The molecule has 0 bridgehead atoms. The highest BCUT2D eigenvalue weighted by atomic mass is 127. The number of hydrogen-bond donors (Lipinski definition) is 4. The number of rotatable bonds is 9. The Balaban J connectivity index is 1.45. The van der Waals surface area contributed by atoms with Crippen LogP contribution in [0.3, 0.4) is 0 Å². The number of carbonyl (C=O) groups is 1. The smallest absolute Gasteiger partial charge is 0.459 e. The Morgan fingerprint density at radius 1 is 1.22 bits per heavy atom. The summed E-state index contributed by atoms with van der Waals surface area (Å²) in [6.07, 6.45) is -2.98. The monoisotopic (exact) mass is 700 g/mol. The van der Waals surface area contributed by atoms with Crippen LogP contribution >= 0.6 is 30.3 Å². The largest absolute Gasteiger partial charge is 0.462 e. The molecule has 1 saturated carbocycles. The van der Waals surface area contributed by atoms with E-state index in [0.717, 1.165) is 9.95 Å². The minimum atomic E-state index is -4.46. The van der Waals surface area contributed by atoms with Crippen LogP contribution in [0, 0.1) is 3.57 Å². The fourth-order valence-electron chi connectivity index (χ4n) is 4.89. The van der Waals surface area contributed by atoms with Crippen LogP contribution < -0.4 is 21.0 Å². The molecule has 13 nitrogen and oxygen atoms in total. The molecule has 7 atom stereocenters. The summed E-state index contributed by atoms with van der Waals surface area (Å²) in [5, 5.41) is 27.0. The first-order valence-corrected chi connectivity index (χ1v) is 15.4. The van der Waals surface area contributed by atoms with Crippen molar-refractivity contribution in [3.8, 4) is 5.75 Å². The lowest BCUT2D eigenvalue weighted by atomic mass is 9.95. The summed E-state index contributed by atoms with van der Waals surface area (Å²) < 4.78 is 38.6. The van der Waals surface area contributed by atoms with E-state index in [1.807, 2.05) is 40.8 Å². The first-order valence-electron chi connectivity index (χ1n) is 12.8. The number of aliphatic hydroxyl groups is 2. The zero-order chi connectivity index (χ0) is 29.9. The quantitative estimate of drug-likeness (QED) is 0.146. The Morgan fingerprint density at radius 3 is 2.56 bits per heavy atom. The fraction of sp³-hybridized carbons (Fsp3) is 0.423. The zero-order valence-corrected chi connectivity index (χ0v) is 25.6. The molecule has 0 radical (unpaired) electrons. The maximum atomic E-state index is 14.3. The van der Waals surface area contributed by atoms with Crippen LogP contribution in [0.5, 0.6) is 5.75 Å². The predicted octanol–water partition coefficient (Wildman–Crippen LogP) is 2.48. The van der Waals surface area contributed by atoms with Gasteiger partial charge >= 0.3 is 19.4 Å². The molecule has 2 aliphatic rings. The fourth-order valence-corrected chi connectivity index (χ4v) is 7.03. The predicted molar refractivity (Wildman–Crippen MR) is 156 cm³/mol. The van der Waals surface area contributed by atoms with Gasteiger partial charge in [0.2, 0.25) is 0 Å². The van der Waals surface area contributed by atoms with Crippen molar-refractivity contribution in [1.29, 1.82) is 0 Å². The molecule has 1 saturated heterocycles. The first kappa shape index (κ1) is 29.9. The second kappa shape index (κ2) is 10.6. The lowest BCUT2D eigenvalue weighted by molar-refractivity contribution is -0.157. The minimum absolute atomic E-state index is 0.0114. The summed E-state index contributed by atoms with van der Waals surface area (Å²) in [6.45, 7) is 6.05. The molecule has 220 valence electrons. The molecule has 2 fully saturated rings. The van der Waals surface area contributed by atoms with E-state index < -0.39 is 61.2 Å². The van der Waals surface area contributed by atoms with Gasteiger partial charge in [-0.15, -0.1) is 0 Å². The van der Waals surface area contributed by atoms with Gasteiger partial charge in [-0.25, -0.2) is 9.36 Å². The van der Waals surface area contributed by atoms with Gasteiger partial charge in [0, 0.05) is 11.6 Å². The summed E-state index contributed by atoms with van der Waals surface area (Å²) in [5.41, 5.74) is 0.723. The van der Waals surface area contributed by atoms with Crippen LogP contribution in [0.15, 0.2) is 53.5 Å². The molecule has 0 spiro atoms. The number of nitrogens with zero attached hydrogens (tertiary/aromatic N) is 2. The van der Waals surface area contributed by atoms with Crippen LogP contribution in [-0.2, 0) is 23.4 Å². The molecule has 1 aliphatic heterocycles. The van der Waals surface area contributed by atoms with Crippen molar-refractivity contribution < 1.29 is 38.1 Å². The molecular weight excluding hydrogens is 670 g/mol. The van der Waals surface area contributed by atoms with Crippen molar-refractivity contribution in [1.82, 2.24) is 14.6 Å². The lowest BCUT2D eigenvalue weighted by Crippen LogP contribution is -2.51. The van der Waals surface area contributed by atoms with Gasteiger partial charge in [0.25, 0.3) is 0 Å². The van der Waals surface area contributed by atoms with Gasteiger partial charge in [0.05, 0.1) is 9.67 Å². The number of ether oxygens (including phenoxy) is 2. The molecule has 1 aromatic heterocycles. The molecule has 1 aliphatic carbocycles. The maximum Gasteiger partial charge on any atom is 0.459 e. The Hall–Kier alpha value is -2.59. The van der Waals surface area contributed by atoms with Crippen LogP contribution in [-0.4, -0.2) is 61.3 Å². The number of carbonyl (C=O) groups excluding carboxylic acids is 1. The van der Waals surface area contributed by atoms with Gasteiger partial charge in [-0.1, -0.05) is 36.4 Å². The Morgan fingerprint density at radius 2 is 1.90 bits per heavy atom.